The minimum absolute atomic E-state index is 0.0208. The van der Waals surface area contributed by atoms with Gasteiger partial charge in [0.05, 0.1) is 12.0 Å². The normalized spacial score (nSPS) is 11.8. The fraction of sp³-hybridized carbons (Fsp3) is 0.500. The lowest BCUT2D eigenvalue weighted by molar-refractivity contribution is -0.136. The number of nitrogens with zero attached hydrogens (tertiary/aromatic N) is 2. The topological polar surface area (TPSA) is 47.0 Å². The molecule has 0 saturated carbocycles. The first-order chi connectivity index (χ1) is 9.49. The third kappa shape index (κ3) is 3.96. The van der Waals surface area contributed by atoms with Gasteiger partial charge in [0.25, 0.3) is 0 Å². The third-order valence-corrected chi connectivity index (χ3v) is 3.27. The van der Waals surface area contributed by atoms with Crippen molar-refractivity contribution < 1.29 is 17.9 Å². The van der Waals surface area contributed by atoms with Crippen molar-refractivity contribution in [2.45, 2.75) is 25.9 Å². The van der Waals surface area contributed by atoms with E-state index in [9.17, 15) is 13.2 Å². The molecular weight excluding hydrogens is 291 g/mol. The molecule has 0 bridgehead atoms. The molecule has 0 aliphatic rings. The number of fused-ring (bicyclic) bond motifs is 1. The maximum Gasteiger partial charge on any atom is 0.389 e. The van der Waals surface area contributed by atoms with Gasteiger partial charge in [-0.05, 0) is 24.8 Å². The van der Waals surface area contributed by atoms with Gasteiger partial charge in [-0.15, -0.1) is 11.3 Å². The average molecular weight is 305 g/mol. The monoisotopic (exact) mass is 305 g/mol. The van der Waals surface area contributed by atoms with Gasteiger partial charge >= 0.3 is 6.18 Å². The molecule has 0 aromatic carbocycles. The predicted molar refractivity (Wildman–Crippen MR) is 72.4 cm³/mol. The predicted octanol–water partition coefficient (Wildman–Crippen LogP) is 3.84. The van der Waals surface area contributed by atoms with Crippen molar-refractivity contribution in [1.82, 2.24) is 9.97 Å². The highest BCUT2D eigenvalue weighted by atomic mass is 32.1. The summed E-state index contributed by atoms with van der Waals surface area (Å²) in [6.07, 6.45) is -5.09. The summed E-state index contributed by atoms with van der Waals surface area (Å²) < 4.78 is 41.6. The number of alkyl halides is 3. The van der Waals surface area contributed by atoms with E-state index in [1.807, 2.05) is 12.3 Å². The van der Waals surface area contributed by atoms with E-state index in [2.05, 4.69) is 15.3 Å². The third-order valence-electron chi connectivity index (χ3n) is 2.47. The van der Waals surface area contributed by atoms with Crippen molar-refractivity contribution >= 4 is 27.5 Å². The smallest absolute Gasteiger partial charge is 0.389 e. The zero-order chi connectivity index (χ0) is 14.6. The minimum atomic E-state index is -4.15. The summed E-state index contributed by atoms with van der Waals surface area (Å²) >= 11 is 1.43. The van der Waals surface area contributed by atoms with Gasteiger partial charge in [0.1, 0.15) is 4.83 Å². The first kappa shape index (κ1) is 14.8. The molecule has 0 aliphatic carbocycles. The molecule has 20 heavy (non-hydrogen) atoms. The van der Waals surface area contributed by atoms with E-state index >= 15 is 0 Å². The molecule has 0 amide bonds. The van der Waals surface area contributed by atoms with E-state index in [0.717, 1.165) is 10.2 Å². The second kappa shape index (κ2) is 6.25. The second-order valence-corrected chi connectivity index (χ2v) is 4.98. The van der Waals surface area contributed by atoms with Gasteiger partial charge < -0.3 is 10.1 Å². The summed E-state index contributed by atoms with van der Waals surface area (Å²) in [4.78, 5) is 9.22. The molecule has 0 spiro atoms. The molecule has 0 unspecified atom stereocenters. The average Bonchev–Trinajstić information content (AvgIpc) is 2.82. The van der Waals surface area contributed by atoms with Crippen molar-refractivity contribution in [3.63, 3.8) is 0 Å². The summed E-state index contributed by atoms with van der Waals surface area (Å²) in [7, 11) is 0. The largest absolute Gasteiger partial charge is 0.477 e. The van der Waals surface area contributed by atoms with Crippen LogP contribution in [0.2, 0.25) is 0 Å². The molecule has 0 atom stereocenters. The number of rotatable bonds is 6. The molecule has 1 N–H and O–H groups in total. The molecule has 0 aliphatic heterocycles. The zero-order valence-corrected chi connectivity index (χ0v) is 11.6. The fourth-order valence-electron chi connectivity index (χ4n) is 1.62. The van der Waals surface area contributed by atoms with E-state index in [-0.39, 0.29) is 13.0 Å². The maximum atomic E-state index is 12.1. The van der Waals surface area contributed by atoms with Crippen molar-refractivity contribution in [2.75, 3.05) is 18.5 Å². The van der Waals surface area contributed by atoms with Crippen LogP contribution in [0.4, 0.5) is 19.1 Å². The van der Waals surface area contributed by atoms with Gasteiger partial charge in [-0.1, -0.05) is 0 Å². The second-order valence-electron chi connectivity index (χ2n) is 4.09. The Bertz CT molecular complexity index is 571. The van der Waals surface area contributed by atoms with Crippen LogP contribution < -0.4 is 10.1 Å². The first-order valence-corrected chi connectivity index (χ1v) is 7.06. The Morgan fingerprint density at radius 2 is 2.15 bits per heavy atom. The Morgan fingerprint density at radius 3 is 2.85 bits per heavy atom. The molecule has 0 radical (unpaired) electrons. The lowest BCUT2D eigenvalue weighted by Crippen LogP contribution is -2.10. The highest BCUT2D eigenvalue weighted by Crippen LogP contribution is 2.28. The van der Waals surface area contributed by atoms with Crippen LogP contribution in [0, 0.1) is 0 Å². The highest BCUT2D eigenvalue weighted by Gasteiger charge is 2.26. The lowest BCUT2D eigenvalue weighted by Gasteiger charge is -2.09. The SMILES string of the molecule is CCNc1nc(OCCCC(F)(F)F)c2ccsc2n1. The number of hydrogen-bond acceptors (Lipinski definition) is 5. The van der Waals surface area contributed by atoms with Crippen molar-refractivity contribution in [2.24, 2.45) is 0 Å². The Labute approximate surface area is 118 Å². The van der Waals surface area contributed by atoms with Crippen molar-refractivity contribution in [3.05, 3.63) is 11.4 Å². The molecule has 110 valence electrons. The lowest BCUT2D eigenvalue weighted by atomic mass is 10.3. The number of thiophene rings is 1. The van der Waals surface area contributed by atoms with Crippen LogP contribution in [-0.2, 0) is 0 Å². The summed E-state index contributed by atoms with van der Waals surface area (Å²) in [5.74, 6) is 0.752. The standard InChI is InChI=1S/C12H14F3N3OS/c1-2-16-11-17-9(8-4-7-20-10(8)18-11)19-6-3-5-12(13,14)15/h4,7H,2-3,5-6H2,1H3,(H,16,17,18). The number of nitrogens with one attached hydrogen (secondary N) is 1. The van der Waals surface area contributed by atoms with Gasteiger partial charge in [0.2, 0.25) is 11.8 Å². The van der Waals surface area contributed by atoms with Crippen molar-refractivity contribution in [1.29, 1.82) is 0 Å². The number of ether oxygens (including phenoxy) is 1. The number of halogens is 3. The molecule has 0 saturated heterocycles. The van der Waals surface area contributed by atoms with Crippen LogP contribution in [0.15, 0.2) is 11.4 Å². The molecule has 2 aromatic heterocycles. The summed E-state index contributed by atoms with van der Waals surface area (Å²) in [5, 5.41) is 5.54. The van der Waals surface area contributed by atoms with E-state index in [0.29, 0.717) is 18.4 Å². The molecule has 2 rings (SSSR count). The van der Waals surface area contributed by atoms with Crippen LogP contribution >= 0.6 is 11.3 Å². The van der Waals surface area contributed by atoms with E-state index in [1.165, 1.54) is 11.3 Å². The number of aromatic nitrogens is 2. The Morgan fingerprint density at radius 1 is 1.35 bits per heavy atom. The Hall–Kier alpha value is -1.57. The van der Waals surface area contributed by atoms with Gasteiger partial charge in [0, 0.05) is 13.0 Å². The zero-order valence-electron chi connectivity index (χ0n) is 10.8. The summed E-state index contributed by atoms with van der Waals surface area (Å²) in [5.41, 5.74) is 0. The highest BCUT2D eigenvalue weighted by molar-refractivity contribution is 7.16. The van der Waals surface area contributed by atoms with Crippen LogP contribution in [0.5, 0.6) is 5.88 Å². The molecule has 2 heterocycles. The van der Waals surface area contributed by atoms with Gasteiger partial charge in [-0.2, -0.15) is 18.2 Å². The van der Waals surface area contributed by atoms with Crippen LogP contribution in [-0.4, -0.2) is 29.3 Å². The molecule has 0 fully saturated rings. The summed E-state index contributed by atoms with van der Waals surface area (Å²) in [6.45, 7) is 2.54. The number of hydrogen-bond donors (Lipinski definition) is 1. The molecular formula is C12H14F3N3OS. The van der Waals surface area contributed by atoms with Gasteiger partial charge in [-0.25, -0.2) is 4.98 Å². The van der Waals surface area contributed by atoms with Crippen LogP contribution in [0.25, 0.3) is 10.2 Å². The first-order valence-electron chi connectivity index (χ1n) is 6.18. The number of anilines is 1. The van der Waals surface area contributed by atoms with Gasteiger partial charge in [0.15, 0.2) is 0 Å². The minimum Gasteiger partial charge on any atom is -0.477 e. The van der Waals surface area contributed by atoms with Crippen LogP contribution in [0.3, 0.4) is 0 Å². The van der Waals surface area contributed by atoms with E-state index in [4.69, 9.17) is 4.74 Å². The van der Waals surface area contributed by atoms with Gasteiger partial charge in [-0.3, -0.25) is 0 Å². The van der Waals surface area contributed by atoms with E-state index in [1.54, 1.807) is 6.07 Å². The molecule has 8 heteroatoms. The summed E-state index contributed by atoms with van der Waals surface area (Å²) in [6, 6.07) is 1.80. The Balaban J connectivity index is 2.06. The maximum absolute atomic E-state index is 12.1. The van der Waals surface area contributed by atoms with Crippen molar-refractivity contribution in [3.8, 4) is 5.88 Å². The van der Waals surface area contributed by atoms with Crippen LogP contribution in [0.1, 0.15) is 19.8 Å². The Kier molecular flexibility index (Phi) is 4.64. The molecule has 4 nitrogen and oxygen atoms in total. The fourth-order valence-corrected chi connectivity index (χ4v) is 2.37. The quantitative estimate of drug-likeness (QED) is 0.824. The molecule has 2 aromatic rings. The van der Waals surface area contributed by atoms with E-state index < -0.39 is 12.6 Å².